The van der Waals surface area contributed by atoms with Crippen LogP contribution in [0.4, 0.5) is 5.69 Å². The van der Waals surface area contributed by atoms with Gasteiger partial charge >= 0.3 is 0 Å². The number of fused-ring (bicyclic) bond motifs is 1. The summed E-state index contributed by atoms with van der Waals surface area (Å²) in [6.45, 7) is 7.77. The van der Waals surface area contributed by atoms with Crippen molar-refractivity contribution >= 4 is 11.6 Å². The molecular formula is C21H25NO3. The maximum absolute atomic E-state index is 12.7. The van der Waals surface area contributed by atoms with E-state index in [1.54, 1.807) is 24.1 Å². The Morgan fingerprint density at radius 2 is 1.68 bits per heavy atom. The van der Waals surface area contributed by atoms with E-state index >= 15 is 0 Å². The van der Waals surface area contributed by atoms with Crippen molar-refractivity contribution in [2.75, 3.05) is 11.9 Å². The summed E-state index contributed by atoms with van der Waals surface area (Å²) >= 11 is 0. The molecule has 0 aliphatic carbocycles. The molecule has 132 valence electrons. The van der Waals surface area contributed by atoms with Crippen LogP contribution >= 0.6 is 0 Å². The maximum atomic E-state index is 12.7. The first-order valence-corrected chi connectivity index (χ1v) is 8.67. The van der Waals surface area contributed by atoms with Crippen molar-refractivity contribution in [2.45, 2.75) is 46.0 Å². The zero-order chi connectivity index (χ0) is 18.5. The topological polar surface area (TPSA) is 60.8 Å². The molecule has 0 aromatic heterocycles. The fourth-order valence-corrected chi connectivity index (χ4v) is 3.92. The van der Waals surface area contributed by atoms with E-state index in [0.29, 0.717) is 5.56 Å². The molecule has 1 aliphatic heterocycles. The van der Waals surface area contributed by atoms with Gasteiger partial charge in [0.25, 0.3) is 0 Å². The molecule has 0 atom stereocenters. The number of aryl methyl sites for hydroxylation is 2. The molecule has 1 amide bonds. The van der Waals surface area contributed by atoms with Gasteiger partial charge in [0.15, 0.2) is 0 Å². The molecule has 0 fully saturated rings. The fraction of sp³-hybridized carbons (Fsp3) is 0.381. The van der Waals surface area contributed by atoms with E-state index < -0.39 is 5.41 Å². The van der Waals surface area contributed by atoms with Gasteiger partial charge in [0, 0.05) is 12.7 Å². The van der Waals surface area contributed by atoms with E-state index in [1.165, 1.54) is 0 Å². The molecular weight excluding hydrogens is 314 g/mol. The number of phenols is 2. The molecule has 0 spiro atoms. The number of carbonyl (C=O) groups excluding carboxylic acids is 1. The molecule has 3 rings (SSSR count). The lowest BCUT2D eigenvalue weighted by atomic mass is 9.79. The van der Waals surface area contributed by atoms with E-state index in [1.807, 2.05) is 32.9 Å². The van der Waals surface area contributed by atoms with Gasteiger partial charge in [-0.15, -0.1) is 0 Å². The van der Waals surface area contributed by atoms with Crippen molar-refractivity contribution in [3.63, 3.8) is 0 Å². The fourth-order valence-electron chi connectivity index (χ4n) is 3.92. The van der Waals surface area contributed by atoms with Crippen LogP contribution in [0.2, 0.25) is 0 Å². The number of hydrogen-bond donors (Lipinski definition) is 2. The van der Waals surface area contributed by atoms with Crippen molar-refractivity contribution in [3.05, 3.63) is 41.0 Å². The van der Waals surface area contributed by atoms with Gasteiger partial charge in [-0.25, -0.2) is 0 Å². The second-order valence-electron chi connectivity index (χ2n) is 7.40. The van der Waals surface area contributed by atoms with Crippen LogP contribution in [0, 0.1) is 6.92 Å². The number of rotatable bonds is 3. The lowest BCUT2D eigenvalue weighted by Crippen LogP contribution is -2.33. The zero-order valence-corrected chi connectivity index (χ0v) is 15.5. The summed E-state index contributed by atoms with van der Waals surface area (Å²) in [5.41, 5.74) is 3.94. The lowest BCUT2D eigenvalue weighted by molar-refractivity contribution is -0.121. The minimum absolute atomic E-state index is 0.0101. The van der Waals surface area contributed by atoms with Crippen molar-refractivity contribution in [2.24, 2.45) is 0 Å². The van der Waals surface area contributed by atoms with Crippen molar-refractivity contribution in [1.29, 1.82) is 0 Å². The van der Waals surface area contributed by atoms with Crippen LogP contribution in [0.15, 0.2) is 24.3 Å². The summed E-state index contributed by atoms with van der Waals surface area (Å²) in [6.07, 6.45) is 1.73. The van der Waals surface area contributed by atoms with Gasteiger partial charge in [0.2, 0.25) is 5.91 Å². The lowest BCUT2D eigenvalue weighted by Gasteiger charge is -2.22. The van der Waals surface area contributed by atoms with Crippen LogP contribution < -0.4 is 4.90 Å². The Kier molecular flexibility index (Phi) is 4.02. The first kappa shape index (κ1) is 17.3. The van der Waals surface area contributed by atoms with Crippen molar-refractivity contribution in [1.82, 2.24) is 0 Å². The van der Waals surface area contributed by atoms with Crippen LogP contribution in [-0.2, 0) is 16.6 Å². The summed E-state index contributed by atoms with van der Waals surface area (Å²) in [5, 5.41) is 21.3. The third-order valence-corrected chi connectivity index (χ3v) is 5.16. The summed E-state index contributed by atoms with van der Waals surface area (Å²) in [7, 11) is 1.76. The van der Waals surface area contributed by atoms with Gasteiger partial charge in [0.1, 0.15) is 11.5 Å². The molecule has 0 bridgehead atoms. The molecule has 2 N–H and O–H groups in total. The van der Waals surface area contributed by atoms with Crippen molar-refractivity contribution in [3.8, 4) is 22.6 Å². The molecule has 1 heterocycles. The predicted octanol–water partition coefficient (Wildman–Crippen LogP) is 4.28. The average Bonchev–Trinajstić information content (AvgIpc) is 2.70. The highest BCUT2D eigenvalue weighted by Crippen LogP contribution is 2.51. The standard InChI is InChI=1S/C21H25NO3/c1-6-7-13-10-15(23)18(16(24)11-13)17-12(2)8-9-14-19(17)21(3,4)20(25)22(14)5/h8-11,23-24H,6-7H2,1-5H3. The Bertz CT molecular complexity index is 845. The van der Waals surface area contributed by atoms with Crippen molar-refractivity contribution < 1.29 is 15.0 Å². The molecule has 4 heteroatoms. The number of benzene rings is 2. The van der Waals surface area contributed by atoms with E-state index in [0.717, 1.165) is 40.8 Å². The Morgan fingerprint density at radius 3 is 2.24 bits per heavy atom. The van der Waals surface area contributed by atoms with Gasteiger partial charge in [-0.1, -0.05) is 19.4 Å². The number of carbonyl (C=O) groups is 1. The van der Waals surface area contributed by atoms with E-state index in [9.17, 15) is 15.0 Å². The highest BCUT2D eigenvalue weighted by Gasteiger charge is 2.45. The summed E-state index contributed by atoms with van der Waals surface area (Å²) in [6, 6.07) is 7.29. The summed E-state index contributed by atoms with van der Waals surface area (Å²) in [5.74, 6) is 0.117. The highest BCUT2D eigenvalue weighted by atomic mass is 16.3. The molecule has 0 radical (unpaired) electrons. The van der Waals surface area contributed by atoms with Crippen LogP contribution in [0.1, 0.15) is 43.9 Å². The van der Waals surface area contributed by atoms with E-state index in [2.05, 4.69) is 6.92 Å². The first-order chi connectivity index (χ1) is 11.7. The van der Waals surface area contributed by atoms with E-state index in [4.69, 9.17) is 0 Å². The molecule has 0 saturated carbocycles. The number of hydrogen-bond acceptors (Lipinski definition) is 3. The van der Waals surface area contributed by atoms with Gasteiger partial charge in [-0.2, -0.15) is 0 Å². The van der Waals surface area contributed by atoms with Gasteiger partial charge in [0.05, 0.1) is 11.0 Å². The Labute approximate surface area is 148 Å². The monoisotopic (exact) mass is 339 g/mol. The van der Waals surface area contributed by atoms with Crippen LogP contribution in [-0.4, -0.2) is 23.2 Å². The third-order valence-electron chi connectivity index (χ3n) is 5.16. The third kappa shape index (κ3) is 2.48. The van der Waals surface area contributed by atoms with Crippen LogP contribution in [0.3, 0.4) is 0 Å². The molecule has 0 unspecified atom stereocenters. The quantitative estimate of drug-likeness (QED) is 0.877. The first-order valence-electron chi connectivity index (χ1n) is 8.67. The largest absolute Gasteiger partial charge is 0.507 e. The minimum atomic E-state index is -0.716. The Balaban J connectivity index is 2.33. The number of amides is 1. The van der Waals surface area contributed by atoms with Gasteiger partial charge in [-0.3, -0.25) is 4.79 Å². The maximum Gasteiger partial charge on any atom is 0.236 e. The summed E-state index contributed by atoms with van der Waals surface area (Å²) in [4.78, 5) is 14.3. The molecule has 25 heavy (non-hydrogen) atoms. The van der Waals surface area contributed by atoms with Gasteiger partial charge < -0.3 is 15.1 Å². The number of likely N-dealkylation sites (N-methyl/N-ethyl adjacent to an activating group) is 1. The SMILES string of the molecule is CCCc1cc(O)c(-c2c(C)ccc3c2C(C)(C)C(=O)N3C)c(O)c1. The number of phenolic OH excluding ortho intramolecular Hbond substituents is 2. The number of aromatic hydroxyl groups is 2. The second kappa shape index (κ2) is 5.80. The minimum Gasteiger partial charge on any atom is -0.507 e. The number of nitrogens with zero attached hydrogens (tertiary/aromatic N) is 1. The highest BCUT2D eigenvalue weighted by molar-refractivity contribution is 6.10. The molecule has 2 aromatic carbocycles. The second-order valence-corrected chi connectivity index (χ2v) is 7.40. The van der Waals surface area contributed by atoms with Crippen LogP contribution in [0.25, 0.3) is 11.1 Å². The smallest absolute Gasteiger partial charge is 0.236 e. The number of anilines is 1. The normalized spacial score (nSPS) is 15.6. The predicted molar refractivity (Wildman–Crippen MR) is 100 cm³/mol. The Hall–Kier alpha value is -2.49. The summed E-state index contributed by atoms with van der Waals surface area (Å²) < 4.78 is 0. The van der Waals surface area contributed by atoms with Crippen LogP contribution in [0.5, 0.6) is 11.5 Å². The van der Waals surface area contributed by atoms with Gasteiger partial charge in [-0.05, 0) is 67.6 Å². The zero-order valence-electron chi connectivity index (χ0n) is 15.5. The molecule has 2 aromatic rings. The molecule has 1 aliphatic rings. The molecule has 0 saturated heterocycles. The van der Waals surface area contributed by atoms with E-state index in [-0.39, 0.29) is 17.4 Å². The molecule has 4 nitrogen and oxygen atoms in total. The Morgan fingerprint density at radius 1 is 1.08 bits per heavy atom. The average molecular weight is 339 g/mol.